The van der Waals surface area contributed by atoms with Gasteiger partial charge in [0.05, 0.1) is 20.8 Å². The maximum atomic E-state index is 5.87. The second kappa shape index (κ2) is 10.1. The van der Waals surface area contributed by atoms with Crippen LogP contribution in [0.3, 0.4) is 0 Å². The van der Waals surface area contributed by atoms with Gasteiger partial charge in [-0.1, -0.05) is 36.1 Å². The average molecular weight is 443 g/mol. The zero-order valence-electron chi connectivity index (χ0n) is 16.6. The topological polar surface area (TPSA) is 44.2 Å². The number of terminal acetylenes is 2. The lowest BCUT2D eigenvalue weighted by Crippen LogP contribution is -1.98. The van der Waals surface area contributed by atoms with Crippen molar-refractivity contribution in [1.29, 1.82) is 0 Å². The fourth-order valence-electron chi connectivity index (χ4n) is 3.08. The first-order valence-corrected chi connectivity index (χ1v) is 11.4. The minimum Gasteiger partial charge on any atom is -0.479 e. The molecular formula is C25H18N2O2S2. The van der Waals surface area contributed by atoms with Crippen molar-refractivity contribution in [2.75, 3.05) is 18.3 Å². The van der Waals surface area contributed by atoms with Gasteiger partial charge in [0.15, 0.2) is 0 Å². The van der Waals surface area contributed by atoms with E-state index in [0.717, 1.165) is 43.1 Å². The average Bonchev–Trinajstić information content (AvgIpc) is 2.82. The van der Waals surface area contributed by atoms with Crippen LogP contribution in [0.2, 0.25) is 0 Å². The van der Waals surface area contributed by atoms with Gasteiger partial charge in [0.25, 0.3) is 0 Å². The molecule has 0 saturated heterocycles. The fourth-order valence-corrected chi connectivity index (χ4v) is 5.19. The first-order valence-electron chi connectivity index (χ1n) is 9.45. The minimum absolute atomic E-state index is 0.202. The number of nitrogens with zero attached hydrogens (tertiary/aromatic N) is 2. The Morgan fingerprint density at radius 1 is 0.710 bits per heavy atom. The smallest absolute Gasteiger partial charge is 0.148 e. The number of thioether (sulfide) groups is 2. The summed E-state index contributed by atoms with van der Waals surface area (Å²) in [6.45, 7) is 0.404. The van der Waals surface area contributed by atoms with Crippen LogP contribution >= 0.6 is 23.5 Å². The molecule has 4 rings (SSSR count). The maximum absolute atomic E-state index is 5.87. The van der Waals surface area contributed by atoms with Crippen molar-refractivity contribution >= 4 is 45.3 Å². The van der Waals surface area contributed by atoms with E-state index in [1.807, 2.05) is 60.9 Å². The van der Waals surface area contributed by atoms with E-state index in [9.17, 15) is 0 Å². The number of fused-ring (bicyclic) bond motifs is 2. The van der Waals surface area contributed by atoms with E-state index in [-0.39, 0.29) is 13.2 Å². The number of aromatic nitrogens is 2. The van der Waals surface area contributed by atoms with Crippen LogP contribution in [0.15, 0.2) is 70.7 Å². The van der Waals surface area contributed by atoms with E-state index >= 15 is 0 Å². The summed E-state index contributed by atoms with van der Waals surface area (Å²) < 4.78 is 11.7. The number of rotatable bonds is 8. The van der Waals surface area contributed by atoms with Gasteiger partial charge in [-0.3, -0.25) is 9.97 Å². The third-order valence-electron chi connectivity index (χ3n) is 4.42. The molecule has 6 heteroatoms. The lowest BCUT2D eigenvalue weighted by atomic mass is 10.2. The number of benzene rings is 2. The molecule has 0 aliphatic rings. The molecule has 0 fully saturated rings. The Balaban J connectivity index is 1.58. The zero-order chi connectivity index (χ0) is 21.5. The van der Waals surface area contributed by atoms with Gasteiger partial charge in [0.2, 0.25) is 0 Å². The first-order chi connectivity index (χ1) is 15.3. The highest BCUT2D eigenvalue weighted by molar-refractivity contribution is 8.16. The zero-order valence-corrected chi connectivity index (χ0v) is 18.2. The Morgan fingerprint density at radius 3 is 1.61 bits per heavy atom. The van der Waals surface area contributed by atoms with Crippen LogP contribution in [0.5, 0.6) is 11.5 Å². The summed E-state index contributed by atoms with van der Waals surface area (Å²) in [5, 5.41) is 2.59. The Labute approximate surface area is 189 Å². The second-order valence-electron chi connectivity index (χ2n) is 6.33. The molecule has 0 spiro atoms. The van der Waals surface area contributed by atoms with Gasteiger partial charge >= 0.3 is 0 Å². The van der Waals surface area contributed by atoms with Gasteiger partial charge < -0.3 is 9.47 Å². The Bertz CT molecular complexity index is 1210. The van der Waals surface area contributed by atoms with Crippen molar-refractivity contribution in [2.45, 2.75) is 9.79 Å². The van der Waals surface area contributed by atoms with Crippen LogP contribution in [-0.2, 0) is 0 Å². The predicted octanol–water partition coefficient (Wildman–Crippen LogP) is 5.65. The van der Waals surface area contributed by atoms with Crippen LogP contribution in [0, 0.1) is 24.7 Å². The summed E-state index contributed by atoms with van der Waals surface area (Å²) in [4.78, 5) is 11.0. The van der Waals surface area contributed by atoms with Crippen molar-refractivity contribution in [2.24, 2.45) is 0 Å². The second-order valence-corrected chi connectivity index (χ2v) is 8.73. The normalized spacial score (nSPS) is 10.5. The minimum atomic E-state index is 0.202. The molecule has 0 bridgehead atoms. The van der Waals surface area contributed by atoms with Crippen LogP contribution < -0.4 is 9.47 Å². The van der Waals surface area contributed by atoms with Crippen molar-refractivity contribution in [3.63, 3.8) is 0 Å². The predicted molar refractivity (Wildman–Crippen MR) is 129 cm³/mol. The Morgan fingerprint density at radius 2 is 1.16 bits per heavy atom. The molecule has 2 aromatic carbocycles. The van der Waals surface area contributed by atoms with Gasteiger partial charge in [0, 0.05) is 28.3 Å². The van der Waals surface area contributed by atoms with Gasteiger partial charge in [-0.25, -0.2) is 0 Å². The lowest BCUT2D eigenvalue weighted by molar-refractivity contribution is 0.366. The number of hydrogen-bond donors (Lipinski definition) is 0. The summed E-state index contributed by atoms with van der Waals surface area (Å²) in [5.41, 5.74) is 1.74. The standard InChI is InChI=1S/C25H18N2O2S2/c1-3-13-28-24-18-9-5-7-11-20(18)26-15-22(24)30-17-31-23-16-27-21-12-8-6-10-19(21)25(23)29-14-4-2/h1-2,5-12,15-16H,13-14,17H2. The molecule has 0 radical (unpaired) electrons. The van der Waals surface area contributed by atoms with Gasteiger partial charge in [-0.15, -0.1) is 36.4 Å². The fraction of sp³-hybridized carbons (Fsp3) is 0.120. The van der Waals surface area contributed by atoms with Crippen LogP contribution in [-0.4, -0.2) is 28.3 Å². The summed E-state index contributed by atoms with van der Waals surface area (Å²) in [6.07, 6.45) is 14.5. The van der Waals surface area contributed by atoms with Crippen molar-refractivity contribution in [3.8, 4) is 36.2 Å². The van der Waals surface area contributed by atoms with E-state index in [4.69, 9.17) is 22.3 Å². The summed E-state index contributed by atoms with van der Waals surface area (Å²) in [7, 11) is 0. The molecule has 0 aliphatic carbocycles. The molecule has 152 valence electrons. The number of hydrogen-bond acceptors (Lipinski definition) is 6. The molecule has 31 heavy (non-hydrogen) atoms. The number of para-hydroxylation sites is 2. The summed E-state index contributed by atoms with van der Waals surface area (Å²) in [5.74, 6) is 6.59. The molecule has 0 unspecified atom stereocenters. The molecule has 0 atom stereocenters. The lowest BCUT2D eigenvalue weighted by Gasteiger charge is -2.14. The SMILES string of the molecule is C#CCOc1c(SCSc2cnc3ccccc3c2OCC#C)cnc2ccccc12. The van der Waals surface area contributed by atoms with Crippen molar-refractivity contribution in [1.82, 2.24) is 9.97 Å². The van der Waals surface area contributed by atoms with Gasteiger partial charge in [0.1, 0.15) is 24.7 Å². The third kappa shape index (κ3) is 4.72. The monoisotopic (exact) mass is 442 g/mol. The molecule has 2 heterocycles. The molecule has 0 N–H and O–H groups in total. The molecule has 4 nitrogen and oxygen atoms in total. The highest BCUT2D eigenvalue weighted by Crippen LogP contribution is 2.41. The van der Waals surface area contributed by atoms with E-state index in [1.54, 1.807) is 23.5 Å². The van der Waals surface area contributed by atoms with Crippen LogP contribution in [0.1, 0.15) is 0 Å². The van der Waals surface area contributed by atoms with Gasteiger partial charge in [-0.2, -0.15) is 0 Å². The van der Waals surface area contributed by atoms with Crippen LogP contribution in [0.4, 0.5) is 0 Å². The first kappa shape index (κ1) is 20.9. The van der Waals surface area contributed by atoms with E-state index in [2.05, 4.69) is 21.8 Å². The Hall–Kier alpha value is -3.32. The summed E-state index contributed by atoms with van der Waals surface area (Å²) >= 11 is 3.26. The molecule has 0 aliphatic heterocycles. The molecular weight excluding hydrogens is 424 g/mol. The molecule has 4 aromatic rings. The largest absolute Gasteiger partial charge is 0.479 e. The van der Waals surface area contributed by atoms with E-state index in [1.165, 1.54) is 0 Å². The quantitative estimate of drug-likeness (QED) is 0.200. The summed E-state index contributed by atoms with van der Waals surface area (Å²) in [6, 6.07) is 15.7. The van der Waals surface area contributed by atoms with Crippen molar-refractivity contribution < 1.29 is 9.47 Å². The van der Waals surface area contributed by atoms with Gasteiger partial charge in [-0.05, 0) is 24.3 Å². The van der Waals surface area contributed by atoms with Crippen molar-refractivity contribution in [3.05, 3.63) is 60.9 Å². The Kier molecular flexibility index (Phi) is 6.84. The molecule has 0 amide bonds. The highest BCUT2D eigenvalue weighted by Gasteiger charge is 2.14. The van der Waals surface area contributed by atoms with E-state index in [0.29, 0.717) is 5.08 Å². The molecule has 0 saturated carbocycles. The number of pyridine rings is 2. The van der Waals surface area contributed by atoms with E-state index < -0.39 is 0 Å². The number of ether oxygens (including phenoxy) is 2. The van der Waals surface area contributed by atoms with Crippen LogP contribution in [0.25, 0.3) is 21.8 Å². The highest BCUT2D eigenvalue weighted by atomic mass is 32.2. The molecule has 2 aromatic heterocycles. The maximum Gasteiger partial charge on any atom is 0.148 e. The third-order valence-corrected chi connectivity index (χ3v) is 6.56.